The zero-order chi connectivity index (χ0) is 13.5. The lowest BCUT2D eigenvalue weighted by atomic mass is 9.99. The van der Waals surface area contributed by atoms with Gasteiger partial charge in [-0.25, -0.2) is 0 Å². The van der Waals surface area contributed by atoms with Crippen LogP contribution in [-0.4, -0.2) is 32.2 Å². The Bertz CT molecular complexity index is 420. The Kier molecular flexibility index (Phi) is 5.63. The van der Waals surface area contributed by atoms with Crippen molar-refractivity contribution in [3.63, 3.8) is 0 Å². The SMILES string of the molecule is O=C(COCC1CCNCC1)Nc1ccccc1Cl. The predicted molar refractivity (Wildman–Crippen MR) is 76.5 cm³/mol. The van der Waals surface area contributed by atoms with E-state index in [2.05, 4.69) is 10.6 Å². The molecule has 1 saturated heterocycles. The van der Waals surface area contributed by atoms with E-state index < -0.39 is 0 Å². The normalized spacial score (nSPS) is 16.3. The van der Waals surface area contributed by atoms with E-state index in [1.54, 1.807) is 12.1 Å². The van der Waals surface area contributed by atoms with Crippen molar-refractivity contribution in [1.29, 1.82) is 0 Å². The number of carbonyl (C=O) groups excluding carboxylic acids is 1. The number of carbonyl (C=O) groups is 1. The van der Waals surface area contributed by atoms with Crippen LogP contribution < -0.4 is 10.6 Å². The summed E-state index contributed by atoms with van der Waals surface area (Å²) in [6, 6.07) is 7.17. The fourth-order valence-corrected chi connectivity index (χ4v) is 2.30. The molecule has 0 atom stereocenters. The third-order valence-corrected chi connectivity index (χ3v) is 3.52. The van der Waals surface area contributed by atoms with Gasteiger partial charge in [-0.05, 0) is 44.0 Å². The van der Waals surface area contributed by atoms with Crippen LogP contribution in [0.1, 0.15) is 12.8 Å². The van der Waals surface area contributed by atoms with Gasteiger partial charge in [-0.2, -0.15) is 0 Å². The lowest BCUT2D eigenvalue weighted by molar-refractivity contribution is -0.121. The molecule has 2 N–H and O–H groups in total. The fraction of sp³-hybridized carbons (Fsp3) is 0.500. The number of para-hydroxylation sites is 1. The second kappa shape index (κ2) is 7.48. The van der Waals surface area contributed by atoms with Crippen LogP contribution in [-0.2, 0) is 9.53 Å². The van der Waals surface area contributed by atoms with Crippen molar-refractivity contribution in [3.05, 3.63) is 29.3 Å². The first-order chi connectivity index (χ1) is 9.25. The first kappa shape index (κ1) is 14.3. The van der Waals surface area contributed by atoms with Crippen LogP contribution in [0.15, 0.2) is 24.3 Å². The molecule has 1 aromatic rings. The van der Waals surface area contributed by atoms with Gasteiger partial charge < -0.3 is 15.4 Å². The van der Waals surface area contributed by atoms with Crippen molar-refractivity contribution in [2.45, 2.75) is 12.8 Å². The number of nitrogens with one attached hydrogen (secondary N) is 2. The number of hydrogen-bond donors (Lipinski definition) is 2. The van der Waals surface area contributed by atoms with E-state index in [1.807, 2.05) is 12.1 Å². The maximum absolute atomic E-state index is 11.7. The average Bonchev–Trinajstić information content (AvgIpc) is 2.43. The summed E-state index contributed by atoms with van der Waals surface area (Å²) < 4.78 is 5.46. The van der Waals surface area contributed by atoms with Crippen LogP contribution in [0.5, 0.6) is 0 Å². The summed E-state index contributed by atoms with van der Waals surface area (Å²) in [6.07, 6.45) is 2.23. The predicted octanol–water partition coefficient (Wildman–Crippen LogP) is 2.29. The highest BCUT2D eigenvalue weighted by Crippen LogP contribution is 2.20. The van der Waals surface area contributed by atoms with E-state index in [1.165, 1.54) is 0 Å². The highest BCUT2D eigenvalue weighted by Gasteiger charge is 2.13. The van der Waals surface area contributed by atoms with Gasteiger partial charge in [-0.15, -0.1) is 0 Å². The van der Waals surface area contributed by atoms with Gasteiger partial charge in [-0.1, -0.05) is 23.7 Å². The van der Waals surface area contributed by atoms with Gasteiger partial charge in [0.1, 0.15) is 6.61 Å². The lowest BCUT2D eigenvalue weighted by Crippen LogP contribution is -2.30. The first-order valence-electron chi connectivity index (χ1n) is 6.58. The van der Waals surface area contributed by atoms with Crippen LogP contribution in [0.25, 0.3) is 0 Å². The van der Waals surface area contributed by atoms with Crippen LogP contribution >= 0.6 is 11.6 Å². The van der Waals surface area contributed by atoms with E-state index in [-0.39, 0.29) is 12.5 Å². The summed E-state index contributed by atoms with van der Waals surface area (Å²) in [5.74, 6) is 0.399. The molecular formula is C14H19ClN2O2. The molecule has 0 bridgehead atoms. The maximum Gasteiger partial charge on any atom is 0.250 e. The van der Waals surface area contributed by atoms with Gasteiger partial charge in [0.25, 0.3) is 0 Å². The van der Waals surface area contributed by atoms with Crippen LogP contribution in [0.3, 0.4) is 0 Å². The highest BCUT2D eigenvalue weighted by molar-refractivity contribution is 6.33. The Morgan fingerprint density at radius 2 is 2.11 bits per heavy atom. The molecule has 1 aromatic carbocycles. The first-order valence-corrected chi connectivity index (χ1v) is 6.96. The Morgan fingerprint density at radius 3 is 2.84 bits per heavy atom. The molecule has 1 amide bonds. The molecule has 4 nitrogen and oxygen atoms in total. The summed E-state index contributed by atoms with van der Waals surface area (Å²) in [6.45, 7) is 2.81. The van der Waals surface area contributed by atoms with Crippen LogP contribution in [0.2, 0.25) is 5.02 Å². The molecule has 1 aliphatic rings. The van der Waals surface area contributed by atoms with Crippen molar-refractivity contribution in [2.24, 2.45) is 5.92 Å². The highest BCUT2D eigenvalue weighted by atomic mass is 35.5. The minimum Gasteiger partial charge on any atom is -0.371 e. The van der Waals surface area contributed by atoms with Crippen molar-refractivity contribution in [3.8, 4) is 0 Å². The molecule has 0 spiro atoms. The standard InChI is InChI=1S/C14H19ClN2O2/c15-12-3-1-2-4-13(12)17-14(18)10-19-9-11-5-7-16-8-6-11/h1-4,11,16H,5-10H2,(H,17,18). The zero-order valence-corrected chi connectivity index (χ0v) is 11.6. The summed E-state index contributed by atoms with van der Waals surface area (Å²) >= 11 is 5.96. The zero-order valence-electron chi connectivity index (χ0n) is 10.8. The van der Waals surface area contributed by atoms with E-state index >= 15 is 0 Å². The van der Waals surface area contributed by atoms with Crippen molar-refractivity contribution in [2.75, 3.05) is 31.6 Å². The Hall–Kier alpha value is -1.10. The molecule has 0 saturated carbocycles. The summed E-state index contributed by atoms with van der Waals surface area (Å²) in [7, 11) is 0. The third kappa shape index (κ3) is 4.82. The van der Waals surface area contributed by atoms with Crippen LogP contribution in [0, 0.1) is 5.92 Å². The largest absolute Gasteiger partial charge is 0.371 e. The number of anilines is 1. The number of piperidine rings is 1. The van der Waals surface area contributed by atoms with Crippen molar-refractivity contribution < 1.29 is 9.53 Å². The number of benzene rings is 1. The van der Waals surface area contributed by atoms with Gasteiger partial charge in [0.05, 0.1) is 17.3 Å². The summed E-state index contributed by atoms with van der Waals surface area (Å²) in [5.41, 5.74) is 0.625. The number of amides is 1. The minimum absolute atomic E-state index is 0.0785. The van der Waals surface area contributed by atoms with Gasteiger partial charge in [0.2, 0.25) is 5.91 Å². The monoisotopic (exact) mass is 282 g/mol. The molecule has 0 unspecified atom stereocenters. The van der Waals surface area contributed by atoms with Crippen molar-refractivity contribution in [1.82, 2.24) is 5.32 Å². The van der Waals surface area contributed by atoms with Gasteiger partial charge in [0.15, 0.2) is 0 Å². The summed E-state index contributed by atoms with van der Waals surface area (Å²) in [4.78, 5) is 11.7. The second-order valence-electron chi connectivity index (χ2n) is 4.74. The minimum atomic E-state index is -0.165. The molecule has 2 rings (SSSR count). The average molecular weight is 283 g/mol. The Balaban J connectivity index is 1.68. The molecular weight excluding hydrogens is 264 g/mol. The van der Waals surface area contributed by atoms with Crippen molar-refractivity contribution >= 4 is 23.2 Å². The molecule has 0 radical (unpaired) electrons. The Labute approximate surface area is 118 Å². The molecule has 1 heterocycles. The topological polar surface area (TPSA) is 50.4 Å². The van der Waals surface area contributed by atoms with Gasteiger partial charge >= 0.3 is 0 Å². The number of ether oxygens (including phenoxy) is 1. The maximum atomic E-state index is 11.7. The lowest BCUT2D eigenvalue weighted by Gasteiger charge is -2.22. The Morgan fingerprint density at radius 1 is 1.37 bits per heavy atom. The van der Waals surface area contributed by atoms with E-state index in [4.69, 9.17) is 16.3 Å². The molecule has 0 aromatic heterocycles. The quantitative estimate of drug-likeness (QED) is 0.871. The molecule has 19 heavy (non-hydrogen) atoms. The number of rotatable bonds is 5. The third-order valence-electron chi connectivity index (χ3n) is 3.19. The molecule has 104 valence electrons. The van der Waals surface area contributed by atoms with E-state index in [9.17, 15) is 4.79 Å². The second-order valence-corrected chi connectivity index (χ2v) is 5.14. The van der Waals surface area contributed by atoms with Gasteiger partial charge in [0, 0.05) is 0 Å². The molecule has 5 heteroatoms. The molecule has 1 fully saturated rings. The molecule has 1 aliphatic heterocycles. The number of hydrogen-bond acceptors (Lipinski definition) is 3. The fourth-order valence-electron chi connectivity index (χ4n) is 2.12. The van der Waals surface area contributed by atoms with Gasteiger partial charge in [-0.3, -0.25) is 4.79 Å². The van der Waals surface area contributed by atoms with E-state index in [0.29, 0.717) is 23.2 Å². The smallest absolute Gasteiger partial charge is 0.250 e. The summed E-state index contributed by atoms with van der Waals surface area (Å²) in [5, 5.41) is 6.58. The molecule has 0 aliphatic carbocycles. The number of halogens is 1. The van der Waals surface area contributed by atoms with Crippen LogP contribution in [0.4, 0.5) is 5.69 Å². The van der Waals surface area contributed by atoms with E-state index in [0.717, 1.165) is 25.9 Å².